The van der Waals surface area contributed by atoms with E-state index in [0.717, 1.165) is 12.1 Å². The molecule has 6 nitrogen and oxygen atoms in total. The summed E-state index contributed by atoms with van der Waals surface area (Å²) in [5.74, 6) is -3.44. The summed E-state index contributed by atoms with van der Waals surface area (Å²) in [6, 6.07) is 2.75. The van der Waals surface area contributed by atoms with Gasteiger partial charge < -0.3 is 10.0 Å². The molecule has 120 valence electrons. The van der Waals surface area contributed by atoms with E-state index in [1.54, 1.807) is 0 Å². The number of fused-ring (bicyclic) bond motifs is 1. The third-order valence-electron chi connectivity index (χ3n) is 3.85. The molecule has 0 fully saturated rings. The van der Waals surface area contributed by atoms with Crippen LogP contribution in [0, 0.1) is 11.6 Å². The molecule has 0 atom stereocenters. The normalized spacial score (nSPS) is 13.8. The first kappa shape index (κ1) is 15.1. The molecule has 8 heteroatoms. The number of benzene rings is 1. The topological polar surface area (TPSA) is 75.4 Å². The number of carbonyl (C=O) groups excluding carboxylic acids is 1. The molecule has 1 aromatic carbocycles. The van der Waals surface area contributed by atoms with Gasteiger partial charge in [-0.2, -0.15) is 5.10 Å². The highest BCUT2D eigenvalue weighted by molar-refractivity contribution is 5.95. The van der Waals surface area contributed by atoms with E-state index in [0.29, 0.717) is 30.3 Å². The lowest BCUT2D eigenvalue weighted by atomic mass is 10.0. The molecule has 3 rings (SSSR count). The Bertz CT molecular complexity index is 817. The standard InChI is InChI=1S/C15H13F2N3O3/c1-19-13(15(22)23)10-7-20(5-4-12(10)18-19)14(21)9-3-2-8(16)6-11(9)17/h2-3,6H,4-5,7H2,1H3,(H,22,23). The molecule has 1 amide bonds. The summed E-state index contributed by atoms with van der Waals surface area (Å²) < 4.78 is 28.0. The van der Waals surface area contributed by atoms with Crippen molar-refractivity contribution in [2.75, 3.05) is 6.54 Å². The lowest BCUT2D eigenvalue weighted by Gasteiger charge is -2.26. The second kappa shape index (κ2) is 5.45. The Hall–Kier alpha value is -2.77. The van der Waals surface area contributed by atoms with Crippen LogP contribution in [0.2, 0.25) is 0 Å². The number of halogens is 2. The van der Waals surface area contributed by atoms with Gasteiger partial charge in [-0.3, -0.25) is 9.48 Å². The fraction of sp³-hybridized carbons (Fsp3) is 0.267. The van der Waals surface area contributed by atoms with Crippen molar-refractivity contribution in [3.8, 4) is 0 Å². The zero-order chi connectivity index (χ0) is 16.7. The van der Waals surface area contributed by atoms with Crippen molar-refractivity contribution in [3.63, 3.8) is 0 Å². The van der Waals surface area contributed by atoms with Crippen LogP contribution >= 0.6 is 0 Å². The number of hydrogen-bond donors (Lipinski definition) is 1. The van der Waals surface area contributed by atoms with Gasteiger partial charge in [-0.1, -0.05) is 0 Å². The number of hydrogen-bond acceptors (Lipinski definition) is 3. The van der Waals surface area contributed by atoms with E-state index in [1.165, 1.54) is 16.6 Å². The summed E-state index contributed by atoms with van der Waals surface area (Å²) >= 11 is 0. The molecule has 0 bridgehead atoms. The van der Waals surface area contributed by atoms with Crippen molar-refractivity contribution >= 4 is 11.9 Å². The van der Waals surface area contributed by atoms with Crippen LogP contribution in [0.1, 0.15) is 32.1 Å². The average Bonchev–Trinajstić information content (AvgIpc) is 2.81. The van der Waals surface area contributed by atoms with Crippen molar-refractivity contribution in [1.29, 1.82) is 0 Å². The van der Waals surface area contributed by atoms with Crippen molar-refractivity contribution in [3.05, 3.63) is 52.3 Å². The van der Waals surface area contributed by atoms with Crippen molar-refractivity contribution in [2.24, 2.45) is 7.05 Å². The van der Waals surface area contributed by atoms with Gasteiger partial charge in [0.2, 0.25) is 0 Å². The Morgan fingerprint density at radius 3 is 2.70 bits per heavy atom. The summed E-state index contributed by atoms with van der Waals surface area (Å²) in [6.45, 7) is 0.319. The Kier molecular flexibility index (Phi) is 3.59. The van der Waals surface area contributed by atoms with E-state index < -0.39 is 23.5 Å². The number of amides is 1. The highest BCUT2D eigenvalue weighted by atomic mass is 19.1. The zero-order valence-electron chi connectivity index (χ0n) is 12.2. The van der Waals surface area contributed by atoms with E-state index in [1.807, 2.05) is 0 Å². The predicted octanol–water partition coefficient (Wildman–Crippen LogP) is 1.59. The first-order chi connectivity index (χ1) is 10.9. The van der Waals surface area contributed by atoms with Gasteiger partial charge in [-0.25, -0.2) is 13.6 Å². The number of aromatic nitrogens is 2. The zero-order valence-corrected chi connectivity index (χ0v) is 12.2. The van der Waals surface area contributed by atoms with E-state index in [9.17, 15) is 23.5 Å². The van der Waals surface area contributed by atoms with Gasteiger partial charge in [-0.15, -0.1) is 0 Å². The Labute approximate surface area is 129 Å². The van der Waals surface area contributed by atoms with E-state index in [-0.39, 0.29) is 17.8 Å². The summed E-state index contributed by atoms with van der Waals surface area (Å²) in [5, 5.41) is 13.4. The van der Waals surface area contributed by atoms with Crippen LogP contribution in [-0.4, -0.2) is 38.2 Å². The van der Waals surface area contributed by atoms with E-state index in [4.69, 9.17) is 0 Å². The molecule has 0 saturated carbocycles. The molecule has 0 radical (unpaired) electrons. The maximum Gasteiger partial charge on any atom is 0.354 e. The minimum atomic E-state index is -1.14. The maximum absolute atomic E-state index is 13.8. The Balaban J connectivity index is 1.92. The van der Waals surface area contributed by atoms with Crippen LogP contribution in [-0.2, 0) is 20.0 Å². The van der Waals surface area contributed by atoms with Gasteiger partial charge in [0.05, 0.1) is 17.8 Å². The fourth-order valence-electron chi connectivity index (χ4n) is 2.78. The second-order valence-electron chi connectivity index (χ2n) is 5.30. The summed E-state index contributed by atoms with van der Waals surface area (Å²) in [6.07, 6.45) is 0.380. The van der Waals surface area contributed by atoms with Gasteiger partial charge in [0.15, 0.2) is 5.69 Å². The first-order valence-corrected chi connectivity index (χ1v) is 6.91. The monoisotopic (exact) mass is 321 g/mol. The molecule has 1 aliphatic heterocycles. The van der Waals surface area contributed by atoms with Crippen molar-refractivity contribution < 1.29 is 23.5 Å². The molecule has 23 heavy (non-hydrogen) atoms. The van der Waals surface area contributed by atoms with Crippen LogP contribution < -0.4 is 0 Å². The quantitative estimate of drug-likeness (QED) is 0.911. The van der Waals surface area contributed by atoms with Gasteiger partial charge in [0.25, 0.3) is 5.91 Å². The molecule has 2 aromatic rings. The molecule has 2 heterocycles. The van der Waals surface area contributed by atoms with Gasteiger partial charge in [-0.05, 0) is 12.1 Å². The van der Waals surface area contributed by atoms with Crippen LogP contribution in [0.25, 0.3) is 0 Å². The first-order valence-electron chi connectivity index (χ1n) is 6.91. The number of aromatic carboxylic acids is 1. The minimum absolute atomic E-state index is 0.0112. The van der Waals surface area contributed by atoms with Crippen LogP contribution in [0.15, 0.2) is 18.2 Å². The molecular formula is C15H13F2N3O3. The lowest BCUT2D eigenvalue weighted by molar-refractivity contribution is 0.0668. The van der Waals surface area contributed by atoms with E-state index >= 15 is 0 Å². The number of carboxylic acid groups (broad SMARTS) is 1. The lowest BCUT2D eigenvalue weighted by Crippen LogP contribution is -2.36. The second-order valence-corrected chi connectivity index (χ2v) is 5.30. The van der Waals surface area contributed by atoms with Crippen LogP contribution in [0.5, 0.6) is 0 Å². The smallest absolute Gasteiger partial charge is 0.354 e. The SMILES string of the molecule is Cn1nc2c(c1C(=O)O)CN(C(=O)c1ccc(F)cc1F)CC2. The summed E-state index contributed by atoms with van der Waals surface area (Å²) in [4.78, 5) is 25.1. The maximum atomic E-state index is 13.8. The third-order valence-corrected chi connectivity index (χ3v) is 3.85. The molecule has 0 unspecified atom stereocenters. The molecule has 0 saturated heterocycles. The molecule has 0 spiro atoms. The van der Waals surface area contributed by atoms with Gasteiger partial charge >= 0.3 is 5.97 Å². The molecule has 1 aromatic heterocycles. The number of aryl methyl sites for hydroxylation is 1. The molecule has 0 aliphatic carbocycles. The Morgan fingerprint density at radius 1 is 1.30 bits per heavy atom. The van der Waals surface area contributed by atoms with Crippen LogP contribution in [0.4, 0.5) is 8.78 Å². The number of carboxylic acids is 1. The molecular weight excluding hydrogens is 308 g/mol. The summed E-state index contributed by atoms with van der Waals surface area (Å²) in [5.41, 5.74) is 0.836. The van der Waals surface area contributed by atoms with Crippen molar-refractivity contribution in [2.45, 2.75) is 13.0 Å². The number of carbonyl (C=O) groups is 2. The van der Waals surface area contributed by atoms with Gasteiger partial charge in [0, 0.05) is 31.6 Å². The average molecular weight is 321 g/mol. The Morgan fingerprint density at radius 2 is 2.04 bits per heavy atom. The van der Waals surface area contributed by atoms with Crippen molar-refractivity contribution in [1.82, 2.24) is 14.7 Å². The highest BCUT2D eigenvalue weighted by Gasteiger charge is 2.30. The minimum Gasteiger partial charge on any atom is -0.477 e. The largest absolute Gasteiger partial charge is 0.477 e. The van der Waals surface area contributed by atoms with Gasteiger partial charge in [0.1, 0.15) is 11.6 Å². The predicted molar refractivity (Wildman–Crippen MR) is 75.0 cm³/mol. The fourth-order valence-corrected chi connectivity index (χ4v) is 2.78. The number of nitrogens with zero attached hydrogens (tertiary/aromatic N) is 3. The van der Waals surface area contributed by atoms with Crippen LogP contribution in [0.3, 0.4) is 0 Å². The molecule has 1 N–H and O–H groups in total. The number of rotatable bonds is 2. The third kappa shape index (κ3) is 2.56. The molecule has 1 aliphatic rings. The van der Waals surface area contributed by atoms with E-state index in [2.05, 4.69) is 5.10 Å². The highest BCUT2D eigenvalue weighted by Crippen LogP contribution is 2.24. The summed E-state index contributed by atoms with van der Waals surface area (Å²) in [7, 11) is 1.52.